The van der Waals surface area contributed by atoms with Gasteiger partial charge in [-0.15, -0.1) is 10.2 Å². The number of nitrogens with two attached hydrogens (primary N) is 1. The minimum Gasteiger partial charge on any atom is -0.294 e. The van der Waals surface area contributed by atoms with Crippen LogP contribution in [0.4, 0.5) is 0 Å². The highest BCUT2D eigenvalue weighted by Crippen LogP contribution is 2.30. The maximum Gasteiger partial charge on any atom is 0.235 e. The van der Waals surface area contributed by atoms with Crippen molar-refractivity contribution >= 4 is 29.1 Å². The van der Waals surface area contributed by atoms with E-state index >= 15 is 0 Å². The first kappa shape index (κ1) is 13.7. The Bertz CT molecular complexity index is 599. The summed E-state index contributed by atoms with van der Waals surface area (Å²) in [5.41, 5.74) is 2.61. The summed E-state index contributed by atoms with van der Waals surface area (Å²) in [5, 5.41) is 12.6. The molecule has 0 spiro atoms. The minimum atomic E-state index is -0.306. The molecule has 0 saturated heterocycles. The van der Waals surface area contributed by atoms with Crippen molar-refractivity contribution < 1.29 is 4.79 Å². The van der Waals surface area contributed by atoms with Crippen LogP contribution in [-0.2, 0) is 11.3 Å². The normalized spacial score (nSPS) is 10.5. The van der Waals surface area contributed by atoms with E-state index in [2.05, 4.69) is 15.4 Å². The van der Waals surface area contributed by atoms with E-state index < -0.39 is 0 Å². The average molecular weight is 301 g/mol. The Kier molecular flexibility index (Phi) is 4.31. The lowest BCUT2D eigenvalue weighted by Crippen LogP contribution is -2.30. The Balaban J connectivity index is 2.17. The van der Waals surface area contributed by atoms with Crippen LogP contribution in [0.15, 0.2) is 18.2 Å². The van der Waals surface area contributed by atoms with Gasteiger partial charge in [0.15, 0.2) is 0 Å². The lowest BCUT2D eigenvalue weighted by Gasteiger charge is -2.00. The zero-order valence-corrected chi connectivity index (χ0v) is 11.2. The van der Waals surface area contributed by atoms with E-state index in [9.17, 15) is 4.79 Å². The molecule has 1 aromatic heterocycles. The van der Waals surface area contributed by atoms with Crippen LogP contribution >= 0.6 is 23.2 Å². The van der Waals surface area contributed by atoms with Gasteiger partial charge in [0.1, 0.15) is 0 Å². The van der Waals surface area contributed by atoms with E-state index in [0.29, 0.717) is 21.4 Å². The van der Waals surface area contributed by atoms with Crippen molar-refractivity contribution in [2.45, 2.75) is 13.0 Å². The van der Waals surface area contributed by atoms with Crippen molar-refractivity contribution in [1.82, 2.24) is 25.6 Å². The van der Waals surface area contributed by atoms with Crippen LogP contribution in [0.5, 0.6) is 0 Å². The highest BCUT2D eigenvalue weighted by atomic mass is 35.5. The van der Waals surface area contributed by atoms with Crippen LogP contribution in [0, 0.1) is 0 Å². The van der Waals surface area contributed by atoms with Gasteiger partial charge in [-0.2, -0.15) is 4.80 Å². The zero-order valence-electron chi connectivity index (χ0n) is 9.68. The number of nitrogens with zero attached hydrogens (tertiary/aromatic N) is 4. The summed E-state index contributed by atoms with van der Waals surface area (Å²) in [7, 11) is 0. The molecule has 1 aromatic carbocycles. The number of benzene rings is 1. The fourth-order valence-corrected chi connectivity index (χ4v) is 1.78. The third-order valence-electron chi connectivity index (χ3n) is 2.35. The maximum atomic E-state index is 11.0. The molecule has 0 atom stereocenters. The molecule has 0 unspecified atom stereocenters. The average Bonchev–Trinajstić information content (AvgIpc) is 2.87. The van der Waals surface area contributed by atoms with E-state index in [4.69, 9.17) is 29.0 Å². The highest BCUT2D eigenvalue weighted by Gasteiger charge is 2.12. The molecular weight excluding hydrogens is 291 g/mol. The van der Waals surface area contributed by atoms with Crippen LogP contribution < -0.4 is 11.3 Å². The summed E-state index contributed by atoms with van der Waals surface area (Å²) < 4.78 is 0. The molecule has 2 rings (SSSR count). The molecule has 100 valence electrons. The van der Waals surface area contributed by atoms with Gasteiger partial charge in [-0.25, -0.2) is 5.84 Å². The molecule has 7 nitrogen and oxygen atoms in total. The molecule has 1 amide bonds. The van der Waals surface area contributed by atoms with E-state index in [1.807, 2.05) is 5.43 Å². The predicted molar refractivity (Wildman–Crippen MR) is 70.2 cm³/mol. The molecule has 0 aliphatic heterocycles. The summed E-state index contributed by atoms with van der Waals surface area (Å²) in [6.45, 7) is 0.272. The summed E-state index contributed by atoms with van der Waals surface area (Å²) in [5.74, 6) is 5.01. The fourth-order valence-electron chi connectivity index (χ4n) is 1.40. The lowest BCUT2D eigenvalue weighted by atomic mass is 10.2. The summed E-state index contributed by atoms with van der Waals surface area (Å²) in [6, 6.07) is 5.15. The van der Waals surface area contributed by atoms with E-state index in [1.54, 1.807) is 18.2 Å². The summed E-state index contributed by atoms with van der Waals surface area (Å²) in [6.07, 6.45) is 0.162. The van der Waals surface area contributed by atoms with Crippen molar-refractivity contribution in [3.63, 3.8) is 0 Å². The van der Waals surface area contributed by atoms with Gasteiger partial charge in [-0.1, -0.05) is 29.3 Å². The van der Waals surface area contributed by atoms with Crippen molar-refractivity contribution in [3.8, 4) is 11.4 Å². The van der Waals surface area contributed by atoms with Crippen LogP contribution in [0.1, 0.15) is 6.42 Å². The summed E-state index contributed by atoms with van der Waals surface area (Å²) in [4.78, 5) is 12.3. The highest BCUT2D eigenvalue weighted by molar-refractivity contribution is 6.43. The number of hydrogen-bond donors (Lipinski definition) is 2. The van der Waals surface area contributed by atoms with Gasteiger partial charge in [-0.3, -0.25) is 10.2 Å². The van der Waals surface area contributed by atoms with E-state index in [-0.39, 0.29) is 18.9 Å². The van der Waals surface area contributed by atoms with Gasteiger partial charge >= 0.3 is 0 Å². The molecule has 3 N–H and O–H groups in total. The first-order valence-corrected chi connectivity index (χ1v) is 6.09. The number of rotatable bonds is 4. The lowest BCUT2D eigenvalue weighted by molar-refractivity contribution is -0.121. The Hall–Kier alpha value is -1.70. The minimum absolute atomic E-state index is 0.162. The molecule has 2 aromatic rings. The number of carbonyl (C=O) groups is 1. The SMILES string of the molecule is NNC(=O)CCn1nnc(-c2cccc(Cl)c2Cl)n1. The molecule has 0 fully saturated rings. The Morgan fingerprint density at radius 3 is 2.95 bits per heavy atom. The molecule has 1 heterocycles. The smallest absolute Gasteiger partial charge is 0.235 e. The van der Waals surface area contributed by atoms with Crippen LogP contribution in [0.3, 0.4) is 0 Å². The first-order valence-electron chi connectivity index (χ1n) is 5.33. The summed E-state index contributed by atoms with van der Waals surface area (Å²) >= 11 is 12.0. The zero-order chi connectivity index (χ0) is 13.8. The number of carbonyl (C=O) groups excluding carboxylic acids is 1. The van der Waals surface area contributed by atoms with Gasteiger partial charge in [0.2, 0.25) is 11.7 Å². The van der Waals surface area contributed by atoms with Gasteiger partial charge in [0, 0.05) is 12.0 Å². The molecule has 0 saturated carbocycles. The van der Waals surface area contributed by atoms with Gasteiger partial charge in [0.25, 0.3) is 0 Å². The molecule has 19 heavy (non-hydrogen) atoms. The topological polar surface area (TPSA) is 98.7 Å². The number of hydrazine groups is 1. The van der Waals surface area contributed by atoms with E-state index in [1.165, 1.54) is 4.80 Å². The quantitative estimate of drug-likeness (QED) is 0.499. The van der Waals surface area contributed by atoms with E-state index in [0.717, 1.165) is 0 Å². The van der Waals surface area contributed by atoms with Crippen LogP contribution in [-0.4, -0.2) is 26.1 Å². The van der Waals surface area contributed by atoms with Crippen molar-refractivity contribution in [2.75, 3.05) is 0 Å². The Morgan fingerprint density at radius 1 is 1.42 bits per heavy atom. The predicted octanol–water partition coefficient (Wildman–Crippen LogP) is 1.03. The number of aromatic nitrogens is 4. The Morgan fingerprint density at radius 2 is 2.21 bits per heavy atom. The van der Waals surface area contributed by atoms with Crippen LogP contribution in [0.25, 0.3) is 11.4 Å². The third-order valence-corrected chi connectivity index (χ3v) is 3.16. The van der Waals surface area contributed by atoms with Crippen molar-refractivity contribution in [3.05, 3.63) is 28.2 Å². The number of halogens is 2. The molecular formula is C10H10Cl2N6O. The van der Waals surface area contributed by atoms with Gasteiger partial charge in [-0.05, 0) is 17.3 Å². The largest absolute Gasteiger partial charge is 0.294 e. The Labute approximate surface area is 118 Å². The second-order valence-electron chi connectivity index (χ2n) is 3.63. The number of amides is 1. The standard InChI is InChI=1S/C10H10Cl2N6O/c11-7-3-1-2-6(9(7)12)10-15-17-18(16-10)5-4-8(19)14-13/h1-3H,4-5,13H2,(H,14,19). The van der Waals surface area contributed by atoms with Crippen molar-refractivity contribution in [2.24, 2.45) is 5.84 Å². The molecule has 0 aliphatic carbocycles. The second kappa shape index (κ2) is 5.96. The molecule has 0 radical (unpaired) electrons. The second-order valence-corrected chi connectivity index (χ2v) is 4.41. The number of aryl methyl sites for hydroxylation is 1. The van der Waals surface area contributed by atoms with Crippen LogP contribution in [0.2, 0.25) is 10.0 Å². The molecule has 9 heteroatoms. The van der Waals surface area contributed by atoms with Gasteiger partial charge in [0.05, 0.1) is 16.6 Å². The first-order chi connectivity index (χ1) is 9.11. The third kappa shape index (κ3) is 3.19. The molecule has 0 aliphatic rings. The van der Waals surface area contributed by atoms with Crippen molar-refractivity contribution in [1.29, 1.82) is 0 Å². The maximum absolute atomic E-state index is 11.0. The number of nitrogens with one attached hydrogen (secondary N) is 1. The monoisotopic (exact) mass is 300 g/mol. The number of hydrogen-bond acceptors (Lipinski definition) is 5. The molecule has 0 bridgehead atoms. The fraction of sp³-hybridized carbons (Fsp3) is 0.200. The van der Waals surface area contributed by atoms with Gasteiger partial charge < -0.3 is 0 Å². The number of tetrazole rings is 1.